The number of rotatable bonds is 8. The lowest BCUT2D eigenvalue weighted by atomic mass is 9.91. The zero-order valence-corrected chi connectivity index (χ0v) is 16.7. The summed E-state index contributed by atoms with van der Waals surface area (Å²) in [5.74, 6) is -1.87. The Morgan fingerprint density at radius 2 is 1.67 bits per heavy atom. The smallest absolute Gasteiger partial charge is 0.336 e. The first-order valence-corrected chi connectivity index (χ1v) is 9.80. The molecule has 0 aromatic heterocycles. The van der Waals surface area contributed by atoms with Crippen LogP contribution in [0.4, 0.5) is 0 Å². The quantitative estimate of drug-likeness (QED) is 0.363. The summed E-state index contributed by atoms with van der Waals surface area (Å²) in [7, 11) is 0. The molecule has 1 saturated heterocycles. The molecule has 1 heterocycles. The molecule has 0 unspecified atom stereocenters. The van der Waals surface area contributed by atoms with Crippen LogP contribution in [0.3, 0.4) is 0 Å². The summed E-state index contributed by atoms with van der Waals surface area (Å²) in [5, 5.41) is 8.68. The highest BCUT2D eigenvalue weighted by molar-refractivity contribution is 6.08. The molecule has 27 heavy (non-hydrogen) atoms. The molecule has 2 rings (SSSR count). The van der Waals surface area contributed by atoms with Gasteiger partial charge in [0, 0.05) is 32.6 Å². The van der Waals surface area contributed by atoms with Gasteiger partial charge >= 0.3 is 11.9 Å². The molecule has 1 atom stereocenters. The van der Waals surface area contributed by atoms with E-state index in [9.17, 15) is 14.4 Å². The monoisotopic (exact) mass is 383 g/mol. The molecular weight excluding hydrogens is 350 g/mol. The Morgan fingerprint density at radius 1 is 1.07 bits per heavy atom. The van der Waals surface area contributed by atoms with Gasteiger partial charge in [0.15, 0.2) is 5.54 Å². The Labute approximate surface area is 161 Å². The third-order valence-electron chi connectivity index (χ3n) is 5.09. The molecule has 154 valence electrons. The van der Waals surface area contributed by atoms with Gasteiger partial charge in [-0.3, -0.25) is 14.5 Å². The predicted octanol–water partition coefficient (Wildman–Crippen LogP) is 0.835. The number of nitrogens with two attached hydrogens (primary N) is 1. The Kier molecular flexibility index (Phi) is 6.86. The van der Waals surface area contributed by atoms with E-state index in [0.29, 0.717) is 32.6 Å². The molecule has 1 aliphatic heterocycles. The highest BCUT2D eigenvalue weighted by Crippen LogP contribution is 2.40. The number of piperazine rings is 1. The molecule has 0 spiro atoms. The number of carbonyl (C=O) groups is 3. The summed E-state index contributed by atoms with van der Waals surface area (Å²) < 4.78 is 5.45. The van der Waals surface area contributed by atoms with Crippen LogP contribution in [0.5, 0.6) is 0 Å². The second-order valence-electron chi connectivity index (χ2n) is 8.63. The van der Waals surface area contributed by atoms with Crippen LogP contribution in [0.15, 0.2) is 0 Å². The maximum Gasteiger partial charge on any atom is 0.336 e. The number of carbonyl (C=O) groups excluding carboxylic acids is 2. The SMILES string of the molecule is CC(C)(C)OC(=O)[C@@](N)(C(=O)N1CCN(CCCCC(=O)O)CC1)C1CC1. The molecule has 2 aliphatic rings. The fraction of sp³-hybridized carbons (Fsp3) is 0.842. The first-order chi connectivity index (χ1) is 12.5. The zero-order chi connectivity index (χ0) is 20.2. The molecule has 2 fully saturated rings. The van der Waals surface area contributed by atoms with Crippen molar-refractivity contribution in [2.75, 3.05) is 32.7 Å². The summed E-state index contributed by atoms with van der Waals surface area (Å²) >= 11 is 0. The van der Waals surface area contributed by atoms with Crippen LogP contribution in [-0.4, -0.2) is 76.6 Å². The third-order valence-corrected chi connectivity index (χ3v) is 5.09. The number of carboxylic acid groups (broad SMARTS) is 1. The average Bonchev–Trinajstić information content (AvgIpc) is 3.41. The molecular formula is C19H33N3O5. The first kappa shape index (κ1) is 21.6. The van der Waals surface area contributed by atoms with Crippen LogP contribution in [0.2, 0.25) is 0 Å². The molecule has 8 heteroatoms. The maximum absolute atomic E-state index is 13.1. The summed E-state index contributed by atoms with van der Waals surface area (Å²) in [6, 6.07) is 0. The molecule has 1 aliphatic carbocycles. The minimum atomic E-state index is -1.59. The number of amides is 1. The molecule has 0 bridgehead atoms. The Morgan fingerprint density at radius 3 is 2.15 bits per heavy atom. The molecule has 0 radical (unpaired) electrons. The van der Waals surface area contributed by atoms with Gasteiger partial charge in [0.2, 0.25) is 0 Å². The van der Waals surface area contributed by atoms with Crippen LogP contribution in [0.1, 0.15) is 52.9 Å². The third kappa shape index (κ3) is 5.90. The molecule has 0 aromatic carbocycles. The second kappa shape index (κ2) is 8.56. The van der Waals surface area contributed by atoms with Crippen molar-refractivity contribution < 1.29 is 24.2 Å². The Balaban J connectivity index is 1.89. The highest BCUT2D eigenvalue weighted by atomic mass is 16.6. The number of hydrogen-bond acceptors (Lipinski definition) is 6. The Bertz CT molecular complexity index is 562. The lowest BCUT2D eigenvalue weighted by molar-refractivity contribution is -0.168. The molecule has 3 N–H and O–H groups in total. The van der Waals surface area contributed by atoms with Gasteiger partial charge in [-0.05, 0) is 58.9 Å². The van der Waals surface area contributed by atoms with Crippen molar-refractivity contribution in [1.82, 2.24) is 9.80 Å². The van der Waals surface area contributed by atoms with Gasteiger partial charge in [-0.2, -0.15) is 0 Å². The van der Waals surface area contributed by atoms with Gasteiger partial charge in [0.05, 0.1) is 0 Å². The van der Waals surface area contributed by atoms with Gasteiger partial charge in [0.1, 0.15) is 5.60 Å². The number of ether oxygens (including phenoxy) is 1. The zero-order valence-electron chi connectivity index (χ0n) is 16.7. The van der Waals surface area contributed by atoms with E-state index in [1.807, 2.05) is 0 Å². The minimum absolute atomic E-state index is 0.145. The van der Waals surface area contributed by atoms with E-state index in [1.165, 1.54) is 0 Å². The van der Waals surface area contributed by atoms with Crippen molar-refractivity contribution in [1.29, 1.82) is 0 Å². The van der Waals surface area contributed by atoms with Gasteiger partial charge in [-0.15, -0.1) is 0 Å². The summed E-state index contributed by atoms with van der Waals surface area (Å²) in [4.78, 5) is 40.2. The summed E-state index contributed by atoms with van der Waals surface area (Å²) in [6.07, 6.45) is 3.20. The van der Waals surface area contributed by atoms with Gasteiger partial charge in [0.25, 0.3) is 5.91 Å². The topological polar surface area (TPSA) is 113 Å². The van der Waals surface area contributed by atoms with E-state index in [4.69, 9.17) is 15.6 Å². The number of unbranched alkanes of at least 4 members (excludes halogenated alkanes) is 1. The predicted molar refractivity (Wildman–Crippen MR) is 100.0 cm³/mol. The molecule has 1 amide bonds. The van der Waals surface area contributed by atoms with E-state index in [-0.39, 0.29) is 18.2 Å². The number of nitrogens with zero attached hydrogens (tertiary/aromatic N) is 2. The largest absolute Gasteiger partial charge is 0.481 e. The van der Waals surface area contributed by atoms with Crippen LogP contribution >= 0.6 is 0 Å². The fourth-order valence-corrected chi connectivity index (χ4v) is 3.38. The highest BCUT2D eigenvalue weighted by Gasteiger charge is 2.57. The average molecular weight is 383 g/mol. The molecule has 8 nitrogen and oxygen atoms in total. The van der Waals surface area contributed by atoms with Crippen LogP contribution < -0.4 is 5.73 Å². The van der Waals surface area contributed by atoms with Crippen molar-refractivity contribution in [2.24, 2.45) is 11.7 Å². The van der Waals surface area contributed by atoms with Crippen LogP contribution in [0, 0.1) is 5.92 Å². The van der Waals surface area contributed by atoms with Crippen molar-refractivity contribution in [2.45, 2.75) is 64.0 Å². The number of esters is 1. The Hall–Kier alpha value is -1.67. The second-order valence-corrected chi connectivity index (χ2v) is 8.63. The lowest BCUT2D eigenvalue weighted by Crippen LogP contribution is -2.65. The first-order valence-electron chi connectivity index (χ1n) is 9.80. The van der Waals surface area contributed by atoms with Crippen LogP contribution in [-0.2, 0) is 19.1 Å². The maximum atomic E-state index is 13.1. The van der Waals surface area contributed by atoms with Crippen molar-refractivity contribution in [3.05, 3.63) is 0 Å². The minimum Gasteiger partial charge on any atom is -0.481 e. The van der Waals surface area contributed by atoms with E-state index in [2.05, 4.69) is 4.90 Å². The van der Waals surface area contributed by atoms with E-state index >= 15 is 0 Å². The lowest BCUT2D eigenvalue weighted by Gasteiger charge is -2.39. The van der Waals surface area contributed by atoms with Gasteiger partial charge in [-0.25, -0.2) is 4.79 Å². The van der Waals surface area contributed by atoms with E-state index < -0.39 is 23.1 Å². The van der Waals surface area contributed by atoms with Crippen molar-refractivity contribution in [3.63, 3.8) is 0 Å². The van der Waals surface area contributed by atoms with Crippen molar-refractivity contribution >= 4 is 17.8 Å². The van der Waals surface area contributed by atoms with E-state index in [0.717, 1.165) is 25.8 Å². The molecule has 1 saturated carbocycles. The number of aliphatic carboxylic acids is 1. The fourth-order valence-electron chi connectivity index (χ4n) is 3.38. The van der Waals surface area contributed by atoms with Crippen LogP contribution in [0.25, 0.3) is 0 Å². The molecule has 0 aromatic rings. The standard InChI is InChI=1S/C19H33N3O5/c1-18(2,3)27-17(26)19(20,14-7-8-14)16(25)22-12-10-21(11-13-22)9-5-4-6-15(23)24/h14H,4-13,20H2,1-3H3,(H,23,24)/t19-/m0/s1. The van der Waals surface area contributed by atoms with Gasteiger partial charge < -0.3 is 20.5 Å². The van der Waals surface area contributed by atoms with Crippen molar-refractivity contribution in [3.8, 4) is 0 Å². The van der Waals surface area contributed by atoms with Gasteiger partial charge in [-0.1, -0.05) is 0 Å². The van der Waals surface area contributed by atoms with E-state index in [1.54, 1.807) is 25.7 Å². The number of hydrogen-bond donors (Lipinski definition) is 2. The summed E-state index contributed by atoms with van der Waals surface area (Å²) in [6.45, 7) is 8.57. The summed E-state index contributed by atoms with van der Waals surface area (Å²) in [5.41, 5.74) is 4.08. The normalized spacial score (nSPS) is 20.8. The number of carboxylic acids is 1.